The van der Waals surface area contributed by atoms with Crippen LogP contribution in [0.5, 0.6) is 0 Å². The van der Waals surface area contributed by atoms with E-state index in [0.717, 1.165) is 6.07 Å². The van der Waals surface area contributed by atoms with Crippen molar-refractivity contribution in [2.24, 2.45) is 0 Å². The Hall–Kier alpha value is -1.96. The molecule has 0 saturated carbocycles. The average Bonchev–Trinajstić information content (AvgIpc) is 2.37. The third-order valence-electron chi connectivity index (χ3n) is 2.41. The van der Waals surface area contributed by atoms with Crippen molar-refractivity contribution in [1.29, 1.82) is 0 Å². The average molecular weight is 286 g/mol. The van der Waals surface area contributed by atoms with Crippen molar-refractivity contribution in [2.45, 2.75) is 6.92 Å². The van der Waals surface area contributed by atoms with Crippen molar-refractivity contribution >= 4 is 28.1 Å². The highest BCUT2D eigenvalue weighted by Crippen LogP contribution is 2.25. The van der Waals surface area contributed by atoms with E-state index in [2.05, 4.69) is 5.32 Å². The van der Waals surface area contributed by atoms with Gasteiger partial charge in [-0.15, -0.1) is 0 Å². The molecule has 1 aromatic carbocycles. The lowest BCUT2D eigenvalue weighted by molar-refractivity contribution is -0.384. The van der Waals surface area contributed by atoms with Crippen LogP contribution < -0.4 is 5.32 Å². The second-order valence-electron chi connectivity index (χ2n) is 3.65. The van der Waals surface area contributed by atoms with Gasteiger partial charge in [0.1, 0.15) is 5.69 Å². The van der Waals surface area contributed by atoms with Gasteiger partial charge in [-0.2, -0.15) is 0 Å². The zero-order valence-electron chi connectivity index (χ0n) is 10.3. The van der Waals surface area contributed by atoms with Crippen LogP contribution in [0.25, 0.3) is 0 Å². The van der Waals surface area contributed by atoms with E-state index in [1.165, 1.54) is 12.1 Å². The number of hydrogen-bond donors (Lipinski definition) is 2. The molecule has 0 aliphatic carbocycles. The number of nitrogens with zero attached hydrogens (tertiary/aromatic N) is 1. The van der Waals surface area contributed by atoms with E-state index in [4.69, 9.17) is 5.11 Å². The molecule has 19 heavy (non-hydrogen) atoms. The molecular weight excluding hydrogens is 272 g/mol. The minimum Gasteiger partial charge on any atom is -0.478 e. The first-order valence-electron chi connectivity index (χ1n) is 5.56. The normalized spacial score (nSPS) is 11.8. The fourth-order valence-corrected chi connectivity index (χ4v) is 2.03. The number of nitrogens with one attached hydrogen (secondary N) is 1. The van der Waals surface area contributed by atoms with Gasteiger partial charge in [-0.25, -0.2) is 4.79 Å². The Labute approximate surface area is 112 Å². The summed E-state index contributed by atoms with van der Waals surface area (Å²) in [7, 11) is -0.981. The van der Waals surface area contributed by atoms with E-state index in [9.17, 15) is 19.1 Å². The zero-order valence-corrected chi connectivity index (χ0v) is 11.1. The number of nitro groups is 1. The van der Waals surface area contributed by atoms with Gasteiger partial charge in [-0.1, -0.05) is 6.92 Å². The van der Waals surface area contributed by atoms with Gasteiger partial charge in [0.15, 0.2) is 0 Å². The number of hydrogen-bond acceptors (Lipinski definition) is 5. The molecule has 8 heteroatoms. The number of rotatable bonds is 7. The molecule has 0 aliphatic heterocycles. The van der Waals surface area contributed by atoms with Crippen LogP contribution in [0.4, 0.5) is 11.4 Å². The first-order chi connectivity index (χ1) is 8.95. The summed E-state index contributed by atoms with van der Waals surface area (Å²) in [4.78, 5) is 21.0. The summed E-state index contributed by atoms with van der Waals surface area (Å²) in [6.07, 6.45) is 0. The molecule has 0 amide bonds. The molecule has 1 aromatic rings. The molecule has 0 aliphatic rings. The number of benzene rings is 1. The molecule has 0 aromatic heterocycles. The Kier molecular flexibility index (Phi) is 5.43. The van der Waals surface area contributed by atoms with Gasteiger partial charge in [0.2, 0.25) is 0 Å². The van der Waals surface area contributed by atoms with Gasteiger partial charge in [0.25, 0.3) is 5.69 Å². The predicted molar refractivity (Wildman–Crippen MR) is 72.1 cm³/mol. The number of nitro benzene ring substituents is 1. The number of carboxylic acid groups (broad SMARTS) is 1. The van der Waals surface area contributed by atoms with Crippen LogP contribution in [-0.4, -0.2) is 38.3 Å². The molecule has 2 N–H and O–H groups in total. The van der Waals surface area contributed by atoms with Crippen LogP contribution in [-0.2, 0) is 10.8 Å². The number of carbonyl (C=O) groups is 1. The molecule has 104 valence electrons. The van der Waals surface area contributed by atoms with E-state index in [0.29, 0.717) is 11.5 Å². The SMILES string of the molecule is CCS(=O)CCNc1cc(C(=O)O)ccc1[N+](=O)[O-]. The summed E-state index contributed by atoms with van der Waals surface area (Å²) in [5, 5.41) is 22.4. The first-order valence-corrected chi connectivity index (χ1v) is 7.05. The molecule has 1 rings (SSSR count). The second kappa shape index (κ2) is 6.83. The predicted octanol–water partition coefficient (Wildman–Crippen LogP) is 1.47. The molecule has 0 fully saturated rings. The molecule has 1 unspecified atom stereocenters. The molecule has 1 atom stereocenters. The van der Waals surface area contributed by atoms with Crippen molar-refractivity contribution in [2.75, 3.05) is 23.4 Å². The summed E-state index contributed by atoms with van der Waals surface area (Å²) >= 11 is 0. The highest BCUT2D eigenvalue weighted by Gasteiger charge is 2.16. The largest absolute Gasteiger partial charge is 0.478 e. The Morgan fingerprint density at radius 2 is 2.21 bits per heavy atom. The number of aromatic carboxylic acids is 1. The third-order valence-corrected chi connectivity index (χ3v) is 3.71. The van der Waals surface area contributed by atoms with Gasteiger partial charge in [0.05, 0.1) is 10.5 Å². The standard InChI is InChI=1S/C11H14N2O5S/c1-2-19(18)6-5-12-9-7-8(11(14)15)3-4-10(9)13(16)17/h3-4,7,12H,2,5-6H2,1H3,(H,14,15). The molecule has 0 heterocycles. The topological polar surface area (TPSA) is 110 Å². The van der Waals surface area contributed by atoms with E-state index in [-0.39, 0.29) is 23.5 Å². The Bertz CT molecular complexity index is 518. The summed E-state index contributed by atoms with van der Waals surface area (Å²) in [6.45, 7) is 2.06. The first kappa shape index (κ1) is 15.1. The zero-order chi connectivity index (χ0) is 14.4. The van der Waals surface area contributed by atoms with E-state index >= 15 is 0 Å². The van der Waals surface area contributed by atoms with Gasteiger partial charge in [-0.3, -0.25) is 14.3 Å². The Morgan fingerprint density at radius 3 is 2.74 bits per heavy atom. The number of anilines is 1. The van der Waals surface area contributed by atoms with Crippen molar-refractivity contribution in [3.63, 3.8) is 0 Å². The highest BCUT2D eigenvalue weighted by molar-refractivity contribution is 7.84. The van der Waals surface area contributed by atoms with E-state index < -0.39 is 21.7 Å². The molecule has 0 bridgehead atoms. The Morgan fingerprint density at radius 1 is 1.53 bits per heavy atom. The molecule has 0 spiro atoms. The Balaban J connectivity index is 2.88. The van der Waals surface area contributed by atoms with Crippen molar-refractivity contribution in [1.82, 2.24) is 0 Å². The van der Waals surface area contributed by atoms with Crippen LogP contribution in [0.3, 0.4) is 0 Å². The maximum atomic E-state index is 11.2. The van der Waals surface area contributed by atoms with Gasteiger partial charge in [-0.05, 0) is 12.1 Å². The van der Waals surface area contributed by atoms with Crippen LogP contribution in [0.15, 0.2) is 18.2 Å². The third kappa shape index (κ3) is 4.32. The van der Waals surface area contributed by atoms with Crippen LogP contribution in [0.1, 0.15) is 17.3 Å². The smallest absolute Gasteiger partial charge is 0.335 e. The van der Waals surface area contributed by atoms with Gasteiger partial charge < -0.3 is 10.4 Å². The van der Waals surface area contributed by atoms with Crippen molar-refractivity contribution in [3.05, 3.63) is 33.9 Å². The highest BCUT2D eigenvalue weighted by atomic mass is 32.2. The molecule has 0 radical (unpaired) electrons. The number of carboxylic acids is 1. The van der Waals surface area contributed by atoms with Crippen molar-refractivity contribution < 1.29 is 19.0 Å². The van der Waals surface area contributed by atoms with Crippen LogP contribution >= 0.6 is 0 Å². The molecule has 0 saturated heterocycles. The fourth-order valence-electron chi connectivity index (χ4n) is 1.41. The quantitative estimate of drug-likeness (QED) is 0.580. The molecular formula is C11H14N2O5S. The summed E-state index contributed by atoms with van der Waals surface area (Å²) in [6, 6.07) is 3.52. The second-order valence-corrected chi connectivity index (χ2v) is 5.52. The summed E-state index contributed by atoms with van der Waals surface area (Å²) < 4.78 is 11.2. The minimum absolute atomic E-state index is 0.0373. The maximum Gasteiger partial charge on any atom is 0.335 e. The van der Waals surface area contributed by atoms with Gasteiger partial charge >= 0.3 is 5.97 Å². The van der Waals surface area contributed by atoms with Crippen LogP contribution in [0.2, 0.25) is 0 Å². The minimum atomic E-state index is -1.16. The molecule has 7 nitrogen and oxygen atoms in total. The maximum absolute atomic E-state index is 11.2. The van der Waals surface area contributed by atoms with E-state index in [1.807, 2.05) is 0 Å². The monoisotopic (exact) mass is 286 g/mol. The summed E-state index contributed by atoms with van der Waals surface area (Å²) in [5.74, 6) is -0.292. The lowest BCUT2D eigenvalue weighted by Crippen LogP contribution is -2.13. The van der Waals surface area contributed by atoms with E-state index in [1.54, 1.807) is 6.92 Å². The lowest BCUT2D eigenvalue weighted by atomic mass is 10.1. The summed E-state index contributed by atoms with van der Waals surface area (Å²) in [5.41, 5.74) is -0.116. The van der Waals surface area contributed by atoms with Gasteiger partial charge in [0, 0.05) is 34.9 Å². The lowest BCUT2D eigenvalue weighted by Gasteiger charge is -2.07. The van der Waals surface area contributed by atoms with Crippen molar-refractivity contribution in [3.8, 4) is 0 Å². The van der Waals surface area contributed by atoms with Crippen LogP contribution in [0, 0.1) is 10.1 Å². The fraction of sp³-hybridized carbons (Fsp3) is 0.364.